The maximum absolute atomic E-state index is 11.9. The van der Waals surface area contributed by atoms with Crippen LogP contribution in [-0.2, 0) is 17.1 Å². The third-order valence-corrected chi connectivity index (χ3v) is 4.38. The van der Waals surface area contributed by atoms with E-state index in [1.807, 2.05) is 0 Å². The van der Waals surface area contributed by atoms with E-state index in [-0.39, 0.29) is 17.4 Å². The minimum Gasteiger partial charge on any atom is -0.337 e. The maximum atomic E-state index is 11.9. The fraction of sp³-hybridized carbons (Fsp3) is 0.700. The van der Waals surface area contributed by atoms with Crippen LogP contribution in [0.25, 0.3) is 0 Å². The zero-order valence-corrected chi connectivity index (χ0v) is 12.1. The van der Waals surface area contributed by atoms with E-state index in [0.717, 1.165) is 19.5 Å². The van der Waals surface area contributed by atoms with Crippen molar-refractivity contribution in [2.45, 2.75) is 18.4 Å². The van der Waals surface area contributed by atoms with Gasteiger partial charge in [0.1, 0.15) is 5.82 Å². The predicted octanol–water partition coefficient (Wildman–Crippen LogP) is 0.0381. The smallest absolute Gasteiger partial charge is 0.259 e. The SMILES string of the molecule is Cc1nc(S(=O)(=O)NCC2CCNC2)cn1C.Cl. The highest BCUT2D eigenvalue weighted by Crippen LogP contribution is 2.10. The van der Waals surface area contributed by atoms with Crippen LogP contribution in [-0.4, -0.2) is 37.6 Å². The minimum atomic E-state index is -3.46. The van der Waals surface area contributed by atoms with E-state index in [2.05, 4.69) is 15.0 Å². The molecule has 1 atom stereocenters. The van der Waals surface area contributed by atoms with Crippen molar-refractivity contribution in [2.24, 2.45) is 13.0 Å². The van der Waals surface area contributed by atoms with Gasteiger partial charge in [-0.15, -0.1) is 12.4 Å². The molecule has 1 saturated heterocycles. The van der Waals surface area contributed by atoms with E-state index in [1.165, 1.54) is 6.20 Å². The average Bonchev–Trinajstić information content (AvgIpc) is 2.87. The number of nitrogens with one attached hydrogen (secondary N) is 2. The Morgan fingerprint density at radius 2 is 2.33 bits per heavy atom. The normalized spacial score (nSPS) is 19.8. The molecule has 1 aromatic heterocycles. The zero-order chi connectivity index (χ0) is 12.5. The van der Waals surface area contributed by atoms with E-state index in [4.69, 9.17) is 0 Å². The fourth-order valence-electron chi connectivity index (χ4n) is 1.85. The molecule has 18 heavy (non-hydrogen) atoms. The second kappa shape index (κ2) is 6.01. The predicted molar refractivity (Wildman–Crippen MR) is 71.4 cm³/mol. The summed E-state index contributed by atoms with van der Waals surface area (Å²) >= 11 is 0. The van der Waals surface area contributed by atoms with E-state index >= 15 is 0 Å². The van der Waals surface area contributed by atoms with Crippen molar-refractivity contribution in [1.29, 1.82) is 0 Å². The van der Waals surface area contributed by atoms with E-state index in [9.17, 15) is 8.42 Å². The molecule has 2 N–H and O–H groups in total. The quantitative estimate of drug-likeness (QED) is 0.822. The average molecular weight is 295 g/mol. The Hall–Kier alpha value is -0.630. The molecule has 1 fully saturated rings. The van der Waals surface area contributed by atoms with Crippen molar-refractivity contribution in [1.82, 2.24) is 19.6 Å². The molecule has 0 amide bonds. The Balaban J connectivity index is 0.00000162. The number of rotatable bonds is 4. The van der Waals surface area contributed by atoms with Crippen LogP contribution < -0.4 is 10.0 Å². The molecule has 0 aliphatic carbocycles. The Morgan fingerprint density at radius 1 is 1.61 bits per heavy atom. The summed E-state index contributed by atoms with van der Waals surface area (Å²) in [6, 6.07) is 0. The second-order valence-electron chi connectivity index (χ2n) is 4.45. The van der Waals surface area contributed by atoms with Crippen molar-refractivity contribution < 1.29 is 8.42 Å². The Bertz CT molecular complexity index is 474. The lowest BCUT2D eigenvalue weighted by molar-refractivity contribution is 0.537. The molecule has 2 rings (SSSR count). The molecule has 2 heterocycles. The third kappa shape index (κ3) is 3.44. The number of hydrogen-bond acceptors (Lipinski definition) is 4. The molecule has 1 unspecified atom stereocenters. The minimum absolute atomic E-state index is 0. The van der Waals surface area contributed by atoms with Gasteiger partial charge in [-0.1, -0.05) is 0 Å². The van der Waals surface area contributed by atoms with Gasteiger partial charge in [-0.3, -0.25) is 0 Å². The van der Waals surface area contributed by atoms with Crippen LogP contribution in [0, 0.1) is 12.8 Å². The van der Waals surface area contributed by atoms with Crippen LogP contribution in [0.4, 0.5) is 0 Å². The molecule has 0 radical (unpaired) electrons. The lowest BCUT2D eigenvalue weighted by Crippen LogP contribution is -2.30. The molecule has 104 valence electrons. The van der Waals surface area contributed by atoms with Crippen molar-refractivity contribution in [3.05, 3.63) is 12.0 Å². The first-order valence-electron chi connectivity index (χ1n) is 5.69. The van der Waals surface area contributed by atoms with Crippen molar-refractivity contribution >= 4 is 22.4 Å². The highest BCUT2D eigenvalue weighted by atomic mass is 35.5. The first kappa shape index (κ1) is 15.4. The Morgan fingerprint density at radius 3 is 2.83 bits per heavy atom. The van der Waals surface area contributed by atoms with Gasteiger partial charge in [0, 0.05) is 19.8 Å². The van der Waals surface area contributed by atoms with Crippen LogP contribution in [0.2, 0.25) is 0 Å². The molecular formula is C10H19ClN4O2S. The Kier molecular flexibility index (Phi) is 5.15. The van der Waals surface area contributed by atoms with E-state index in [1.54, 1.807) is 18.5 Å². The Labute approximate surface area is 114 Å². The first-order valence-corrected chi connectivity index (χ1v) is 7.18. The third-order valence-electron chi connectivity index (χ3n) is 3.09. The number of imidazole rings is 1. The molecule has 0 saturated carbocycles. The van der Waals surface area contributed by atoms with Gasteiger partial charge in [0.05, 0.1) is 0 Å². The summed E-state index contributed by atoms with van der Waals surface area (Å²) in [5, 5.41) is 3.31. The monoisotopic (exact) mass is 294 g/mol. The molecule has 1 aromatic rings. The summed E-state index contributed by atoms with van der Waals surface area (Å²) in [5.41, 5.74) is 0. The number of nitrogens with zero attached hydrogens (tertiary/aromatic N) is 2. The van der Waals surface area contributed by atoms with Crippen molar-refractivity contribution in [3.8, 4) is 0 Å². The molecule has 8 heteroatoms. The standard InChI is InChI=1S/C10H18N4O2S.ClH/c1-8-13-10(7-14(8)2)17(15,16)12-6-9-3-4-11-5-9;/h7,9,11-12H,3-6H2,1-2H3;1H. The van der Waals surface area contributed by atoms with Gasteiger partial charge in [-0.25, -0.2) is 18.1 Å². The molecule has 1 aliphatic heterocycles. The van der Waals surface area contributed by atoms with E-state index in [0.29, 0.717) is 18.3 Å². The number of hydrogen-bond donors (Lipinski definition) is 2. The summed E-state index contributed by atoms with van der Waals surface area (Å²) in [6.07, 6.45) is 2.55. The fourth-order valence-corrected chi connectivity index (χ4v) is 3.00. The topological polar surface area (TPSA) is 76.0 Å². The molecule has 0 aromatic carbocycles. The number of sulfonamides is 1. The van der Waals surface area contributed by atoms with Gasteiger partial charge >= 0.3 is 0 Å². The summed E-state index contributed by atoms with van der Waals surface area (Å²) in [5.74, 6) is 1.07. The lowest BCUT2D eigenvalue weighted by Gasteiger charge is -2.08. The number of aromatic nitrogens is 2. The molecule has 1 aliphatic rings. The lowest BCUT2D eigenvalue weighted by atomic mass is 10.1. The van der Waals surface area contributed by atoms with Crippen LogP contribution in [0.5, 0.6) is 0 Å². The van der Waals surface area contributed by atoms with E-state index < -0.39 is 10.0 Å². The maximum Gasteiger partial charge on any atom is 0.259 e. The largest absolute Gasteiger partial charge is 0.337 e. The van der Waals surface area contributed by atoms with Crippen LogP contribution in [0.3, 0.4) is 0 Å². The van der Waals surface area contributed by atoms with Crippen LogP contribution in [0.1, 0.15) is 12.2 Å². The van der Waals surface area contributed by atoms with Gasteiger partial charge in [0.25, 0.3) is 10.0 Å². The summed E-state index contributed by atoms with van der Waals surface area (Å²) < 4.78 is 28.2. The zero-order valence-electron chi connectivity index (χ0n) is 10.5. The number of aryl methyl sites for hydroxylation is 2. The first-order chi connectivity index (χ1) is 7.99. The highest BCUT2D eigenvalue weighted by Gasteiger charge is 2.21. The summed E-state index contributed by atoms with van der Waals surface area (Å²) in [6.45, 7) is 4.10. The van der Waals surface area contributed by atoms with Gasteiger partial charge < -0.3 is 9.88 Å². The van der Waals surface area contributed by atoms with Crippen LogP contribution in [0.15, 0.2) is 11.2 Å². The molecule has 0 bridgehead atoms. The van der Waals surface area contributed by atoms with Gasteiger partial charge in [-0.2, -0.15) is 0 Å². The molecular weight excluding hydrogens is 276 g/mol. The second-order valence-corrected chi connectivity index (χ2v) is 6.16. The van der Waals surface area contributed by atoms with Gasteiger partial charge in [0.15, 0.2) is 5.03 Å². The van der Waals surface area contributed by atoms with Gasteiger partial charge in [0.2, 0.25) is 0 Å². The number of halogens is 1. The van der Waals surface area contributed by atoms with Gasteiger partial charge in [-0.05, 0) is 32.4 Å². The van der Waals surface area contributed by atoms with Crippen molar-refractivity contribution in [3.63, 3.8) is 0 Å². The molecule has 0 spiro atoms. The highest BCUT2D eigenvalue weighted by molar-refractivity contribution is 7.89. The van der Waals surface area contributed by atoms with Crippen LogP contribution >= 0.6 is 12.4 Å². The summed E-state index contributed by atoms with van der Waals surface area (Å²) in [7, 11) is -1.68. The van der Waals surface area contributed by atoms with Crippen molar-refractivity contribution in [2.75, 3.05) is 19.6 Å². The summed E-state index contributed by atoms with van der Waals surface area (Å²) in [4.78, 5) is 4.02. The molecule has 6 nitrogen and oxygen atoms in total.